The summed E-state index contributed by atoms with van der Waals surface area (Å²) < 4.78 is 17.2. The highest BCUT2D eigenvalue weighted by atomic mass is 16.5. The summed E-state index contributed by atoms with van der Waals surface area (Å²) in [6.07, 6.45) is 1.10. The van der Waals surface area contributed by atoms with Crippen molar-refractivity contribution in [2.45, 2.75) is 46.1 Å². The predicted molar refractivity (Wildman–Crippen MR) is 106 cm³/mol. The first-order chi connectivity index (χ1) is 12.5. The summed E-state index contributed by atoms with van der Waals surface area (Å²) in [4.78, 5) is 0. The molecule has 0 radical (unpaired) electrons. The Kier molecular flexibility index (Phi) is 7.34. The molecule has 0 aromatic heterocycles. The van der Waals surface area contributed by atoms with Crippen LogP contribution in [0, 0.1) is 0 Å². The molecule has 2 aromatic carbocycles. The fraction of sp³-hybridized carbons (Fsp3) is 0.455. The van der Waals surface area contributed by atoms with E-state index in [1.165, 1.54) is 5.56 Å². The Morgan fingerprint density at radius 2 is 1.54 bits per heavy atom. The van der Waals surface area contributed by atoms with Crippen LogP contribution < -0.4 is 19.9 Å². The third-order valence-corrected chi connectivity index (χ3v) is 4.67. The van der Waals surface area contributed by atoms with Gasteiger partial charge in [0.05, 0.1) is 6.61 Å². The van der Waals surface area contributed by atoms with Crippen LogP contribution >= 0.6 is 0 Å². The molecule has 0 saturated heterocycles. The maximum atomic E-state index is 5.82. The van der Waals surface area contributed by atoms with Gasteiger partial charge in [0.15, 0.2) is 11.5 Å². The van der Waals surface area contributed by atoms with Crippen LogP contribution in [-0.2, 0) is 12.0 Å². The fourth-order valence-corrected chi connectivity index (χ4v) is 2.58. The van der Waals surface area contributed by atoms with Gasteiger partial charge in [-0.3, -0.25) is 0 Å². The van der Waals surface area contributed by atoms with E-state index in [0.717, 1.165) is 23.5 Å². The highest BCUT2D eigenvalue weighted by molar-refractivity contribution is 5.43. The minimum atomic E-state index is 0.188. The van der Waals surface area contributed by atoms with Crippen molar-refractivity contribution in [3.05, 3.63) is 53.6 Å². The van der Waals surface area contributed by atoms with Gasteiger partial charge in [-0.2, -0.15) is 0 Å². The first kappa shape index (κ1) is 20.1. The number of rotatable bonds is 10. The lowest BCUT2D eigenvalue weighted by Crippen LogP contribution is -2.15. The molecule has 0 aliphatic carbocycles. The number of nitrogens with two attached hydrogens (primary N) is 1. The molecule has 0 spiro atoms. The van der Waals surface area contributed by atoms with E-state index in [0.29, 0.717) is 32.1 Å². The summed E-state index contributed by atoms with van der Waals surface area (Å²) >= 11 is 0. The molecule has 0 aliphatic rings. The molecule has 0 aliphatic heterocycles. The van der Waals surface area contributed by atoms with Crippen LogP contribution in [0.15, 0.2) is 42.5 Å². The summed E-state index contributed by atoms with van der Waals surface area (Å²) in [5, 5.41) is 0. The molecule has 2 aromatic rings. The predicted octanol–water partition coefficient (Wildman–Crippen LogP) is 4.69. The molecule has 0 amide bonds. The monoisotopic (exact) mass is 357 g/mol. The minimum absolute atomic E-state index is 0.188. The summed E-state index contributed by atoms with van der Waals surface area (Å²) in [7, 11) is 0. The Morgan fingerprint density at radius 1 is 0.846 bits per heavy atom. The zero-order chi connectivity index (χ0) is 19.0. The fourth-order valence-electron chi connectivity index (χ4n) is 2.58. The van der Waals surface area contributed by atoms with Gasteiger partial charge < -0.3 is 19.9 Å². The van der Waals surface area contributed by atoms with Gasteiger partial charge in [0.2, 0.25) is 0 Å². The van der Waals surface area contributed by atoms with Crippen LogP contribution in [0.25, 0.3) is 0 Å². The van der Waals surface area contributed by atoms with Gasteiger partial charge in [-0.1, -0.05) is 39.0 Å². The SMILES string of the molecule is CCOc1cc(CN)ccc1OCCOc1ccc(C(C)(C)CC)cc1. The Balaban J connectivity index is 1.87. The van der Waals surface area contributed by atoms with Crippen LogP contribution in [0.3, 0.4) is 0 Å². The molecule has 0 fully saturated rings. The summed E-state index contributed by atoms with van der Waals surface area (Å²) in [6, 6.07) is 14.1. The van der Waals surface area contributed by atoms with E-state index >= 15 is 0 Å². The summed E-state index contributed by atoms with van der Waals surface area (Å²) in [6.45, 7) is 10.6. The molecule has 0 unspecified atom stereocenters. The van der Waals surface area contributed by atoms with E-state index < -0.39 is 0 Å². The summed E-state index contributed by atoms with van der Waals surface area (Å²) in [5.74, 6) is 2.29. The van der Waals surface area contributed by atoms with E-state index in [1.807, 2.05) is 37.3 Å². The van der Waals surface area contributed by atoms with Gasteiger partial charge in [-0.25, -0.2) is 0 Å². The molecular formula is C22H31NO3. The van der Waals surface area contributed by atoms with Crippen molar-refractivity contribution in [3.8, 4) is 17.2 Å². The standard InChI is InChI=1S/C22H31NO3/c1-5-22(3,4)18-8-10-19(11-9-18)25-13-14-26-20-12-7-17(16-23)15-21(20)24-6-2/h7-12,15H,5-6,13-14,16,23H2,1-4H3. The molecule has 2 rings (SSSR count). The van der Waals surface area contributed by atoms with Crippen LogP contribution in [0.1, 0.15) is 45.2 Å². The second-order valence-corrected chi connectivity index (χ2v) is 6.88. The zero-order valence-corrected chi connectivity index (χ0v) is 16.4. The maximum absolute atomic E-state index is 5.82. The molecule has 26 heavy (non-hydrogen) atoms. The number of benzene rings is 2. The average Bonchev–Trinajstić information content (AvgIpc) is 2.66. The lowest BCUT2D eigenvalue weighted by molar-refractivity contribution is 0.208. The van der Waals surface area contributed by atoms with Crippen molar-refractivity contribution in [1.82, 2.24) is 0 Å². The van der Waals surface area contributed by atoms with Crippen molar-refractivity contribution in [2.24, 2.45) is 5.73 Å². The Labute approximate surface area is 157 Å². The molecule has 0 saturated carbocycles. The molecule has 4 nitrogen and oxygen atoms in total. The van der Waals surface area contributed by atoms with E-state index in [9.17, 15) is 0 Å². The number of ether oxygens (including phenoxy) is 3. The number of hydrogen-bond acceptors (Lipinski definition) is 4. The normalized spacial score (nSPS) is 11.3. The molecule has 2 N–H and O–H groups in total. The molecule has 0 bridgehead atoms. The van der Waals surface area contributed by atoms with Crippen molar-refractivity contribution >= 4 is 0 Å². The molecule has 142 valence electrons. The zero-order valence-electron chi connectivity index (χ0n) is 16.4. The maximum Gasteiger partial charge on any atom is 0.161 e. The minimum Gasteiger partial charge on any atom is -0.490 e. The number of hydrogen-bond donors (Lipinski definition) is 1. The second kappa shape index (κ2) is 9.48. The van der Waals surface area contributed by atoms with Crippen molar-refractivity contribution < 1.29 is 14.2 Å². The lowest BCUT2D eigenvalue weighted by Gasteiger charge is -2.23. The van der Waals surface area contributed by atoms with Crippen LogP contribution in [0.4, 0.5) is 0 Å². The van der Waals surface area contributed by atoms with Crippen molar-refractivity contribution in [3.63, 3.8) is 0 Å². The average molecular weight is 357 g/mol. The first-order valence-corrected chi connectivity index (χ1v) is 9.32. The van der Waals surface area contributed by atoms with Gasteiger partial charge in [-0.15, -0.1) is 0 Å². The van der Waals surface area contributed by atoms with Crippen molar-refractivity contribution in [2.75, 3.05) is 19.8 Å². The summed E-state index contributed by atoms with van der Waals surface area (Å²) in [5.41, 5.74) is 8.21. The second-order valence-electron chi connectivity index (χ2n) is 6.88. The van der Waals surface area contributed by atoms with Gasteiger partial charge in [0.1, 0.15) is 19.0 Å². The lowest BCUT2D eigenvalue weighted by atomic mass is 9.82. The first-order valence-electron chi connectivity index (χ1n) is 9.32. The van der Waals surface area contributed by atoms with Crippen LogP contribution in [0.5, 0.6) is 17.2 Å². The van der Waals surface area contributed by atoms with Crippen molar-refractivity contribution in [1.29, 1.82) is 0 Å². The molecule has 0 heterocycles. The highest BCUT2D eigenvalue weighted by Gasteiger charge is 2.17. The smallest absolute Gasteiger partial charge is 0.161 e. The van der Waals surface area contributed by atoms with Gasteiger partial charge in [-0.05, 0) is 54.2 Å². The quantitative estimate of drug-likeness (QED) is 0.627. The van der Waals surface area contributed by atoms with Crippen LogP contribution in [0.2, 0.25) is 0 Å². The largest absolute Gasteiger partial charge is 0.490 e. The van der Waals surface area contributed by atoms with E-state index in [1.54, 1.807) is 0 Å². The van der Waals surface area contributed by atoms with E-state index in [2.05, 4.69) is 32.9 Å². The van der Waals surface area contributed by atoms with E-state index in [-0.39, 0.29) is 5.41 Å². The van der Waals surface area contributed by atoms with Crippen LogP contribution in [-0.4, -0.2) is 19.8 Å². The Bertz CT molecular complexity index is 680. The molecular weight excluding hydrogens is 326 g/mol. The third kappa shape index (κ3) is 5.40. The Morgan fingerprint density at radius 3 is 2.15 bits per heavy atom. The van der Waals surface area contributed by atoms with Gasteiger partial charge in [0, 0.05) is 6.54 Å². The van der Waals surface area contributed by atoms with Gasteiger partial charge >= 0.3 is 0 Å². The van der Waals surface area contributed by atoms with E-state index in [4.69, 9.17) is 19.9 Å². The molecule has 0 atom stereocenters. The topological polar surface area (TPSA) is 53.7 Å². The molecule has 4 heteroatoms. The third-order valence-electron chi connectivity index (χ3n) is 4.67. The Hall–Kier alpha value is -2.20. The van der Waals surface area contributed by atoms with Gasteiger partial charge in [0.25, 0.3) is 0 Å². The highest BCUT2D eigenvalue weighted by Crippen LogP contribution is 2.29.